The Balaban J connectivity index is 2.16. The highest BCUT2D eigenvalue weighted by Gasteiger charge is 2.37. The van der Waals surface area contributed by atoms with Crippen LogP contribution in [0.25, 0.3) is 0 Å². The molecule has 4 nitrogen and oxygen atoms in total. The zero-order valence-electron chi connectivity index (χ0n) is 12.0. The maximum atomic E-state index is 12.8. The number of carboxylic acid groups (broad SMARTS) is 1. The Bertz CT molecular complexity index is 592. The van der Waals surface area contributed by atoms with Gasteiger partial charge in [-0.1, -0.05) is 11.1 Å². The highest BCUT2D eigenvalue weighted by molar-refractivity contribution is 5.95. The topological polar surface area (TPSA) is 66.4 Å². The lowest BCUT2D eigenvalue weighted by molar-refractivity contribution is -0.146. The minimum absolute atomic E-state index is 0.333. The molecule has 2 rings (SSSR count). The van der Waals surface area contributed by atoms with Gasteiger partial charge in [-0.15, -0.1) is 0 Å². The largest absolute Gasteiger partial charge is 0.481 e. The van der Waals surface area contributed by atoms with Gasteiger partial charge in [0, 0.05) is 5.69 Å². The van der Waals surface area contributed by atoms with Crippen molar-refractivity contribution in [3.63, 3.8) is 0 Å². The summed E-state index contributed by atoms with van der Waals surface area (Å²) < 4.78 is 12.8. The molecule has 0 aliphatic heterocycles. The zero-order valence-corrected chi connectivity index (χ0v) is 12.0. The molecule has 5 heteroatoms. The van der Waals surface area contributed by atoms with E-state index in [9.17, 15) is 19.1 Å². The first-order valence-corrected chi connectivity index (χ1v) is 6.83. The van der Waals surface area contributed by atoms with E-state index in [1.807, 2.05) is 13.8 Å². The molecule has 0 radical (unpaired) electrons. The van der Waals surface area contributed by atoms with E-state index in [1.165, 1.54) is 24.3 Å². The van der Waals surface area contributed by atoms with Crippen LogP contribution in [-0.4, -0.2) is 17.0 Å². The summed E-state index contributed by atoms with van der Waals surface area (Å²) in [5.74, 6) is -2.99. The number of carboxylic acids is 1. The van der Waals surface area contributed by atoms with Gasteiger partial charge in [-0.25, -0.2) is 4.39 Å². The lowest BCUT2D eigenvalue weighted by atomic mass is 9.76. The molecule has 1 aromatic carbocycles. The summed E-state index contributed by atoms with van der Waals surface area (Å²) in [4.78, 5) is 23.7. The van der Waals surface area contributed by atoms with Crippen molar-refractivity contribution in [3.8, 4) is 0 Å². The number of rotatable bonds is 3. The smallest absolute Gasteiger partial charge is 0.307 e. The summed E-state index contributed by atoms with van der Waals surface area (Å²) in [7, 11) is 0. The second-order valence-corrected chi connectivity index (χ2v) is 5.52. The van der Waals surface area contributed by atoms with Crippen LogP contribution in [0.4, 0.5) is 10.1 Å². The fourth-order valence-electron chi connectivity index (χ4n) is 2.60. The lowest BCUT2D eigenvalue weighted by Crippen LogP contribution is -2.36. The summed E-state index contributed by atoms with van der Waals surface area (Å²) >= 11 is 0. The monoisotopic (exact) mass is 291 g/mol. The Hall–Kier alpha value is -2.17. The van der Waals surface area contributed by atoms with Crippen LogP contribution >= 0.6 is 0 Å². The lowest BCUT2D eigenvalue weighted by Gasteiger charge is -2.29. The van der Waals surface area contributed by atoms with Gasteiger partial charge >= 0.3 is 5.97 Å². The Labute approximate surface area is 122 Å². The van der Waals surface area contributed by atoms with Crippen LogP contribution in [-0.2, 0) is 9.59 Å². The van der Waals surface area contributed by atoms with Crippen LogP contribution in [0.1, 0.15) is 26.7 Å². The van der Waals surface area contributed by atoms with Gasteiger partial charge in [-0.2, -0.15) is 0 Å². The predicted molar refractivity (Wildman–Crippen MR) is 77.3 cm³/mol. The van der Waals surface area contributed by atoms with E-state index in [2.05, 4.69) is 5.32 Å². The van der Waals surface area contributed by atoms with Crippen LogP contribution in [0.15, 0.2) is 35.4 Å². The van der Waals surface area contributed by atoms with E-state index in [4.69, 9.17) is 0 Å². The first kappa shape index (κ1) is 15.2. The number of hydrogen-bond acceptors (Lipinski definition) is 2. The Morgan fingerprint density at radius 1 is 1.10 bits per heavy atom. The zero-order chi connectivity index (χ0) is 15.6. The molecule has 1 aliphatic rings. The molecule has 0 spiro atoms. The predicted octanol–water partition coefficient (Wildman–Crippen LogP) is 3.21. The maximum absolute atomic E-state index is 12.8. The number of halogens is 1. The van der Waals surface area contributed by atoms with Gasteiger partial charge in [0.2, 0.25) is 5.91 Å². The molecule has 0 heterocycles. The van der Waals surface area contributed by atoms with Crippen LogP contribution in [0.3, 0.4) is 0 Å². The van der Waals surface area contributed by atoms with E-state index in [1.54, 1.807) is 0 Å². The molecule has 1 aliphatic carbocycles. The highest BCUT2D eigenvalue weighted by atomic mass is 19.1. The number of carbonyl (C=O) groups excluding carboxylic acids is 1. The van der Waals surface area contributed by atoms with Crippen molar-refractivity contribution in [2.45, 2.75) is 26.7 Å². The first-order valence-electron chi connectivity index (χ1n) is 6.83. The van der Waals surface area contributed by atoms with Gasteiger partial charge in [0.15, 0.2) is 0 Å². The fourth-order valence-corrected chi connectivity index (χ4v) is 2.60. The third-order valence-corrected chi connectivity index (χ3v) is 4.03. The molecule has 0 fully saturated rings. The van der Waals surface area contributed by atoms with Crippen molar-refractivity contribution >= 4 is 17.6 Å². The molecule has 2 atom stereocenters. The average molecular weight is 291 g/mol. The molecule has 0 aromatic heterocycles. The molecular weight excluding hydrogens is 273 g/mol. The van der Waals surface area contributed by atoms with Gasteiger partial charge in [-0.05, 0) is 51.0 Å². The third kappa shape index (κ3) is 3.48. The van der Waals surface area contributed by atoms with Crippen molar-refractivity contribution in [2.24, 2.45) is 11.8 Å². The number of amides is 1. The van der Waals surface area contributed by atoms with Gasteiger partial charge in [0.05, 0.1) is 11.8 Å². The number of hydrogen-bond donors (Lipinski definition) is 2. The third-order valence-electron chi connectivity index (χ3n) is 4.03. The normalized spacial score (nSPS) is 22.0. The van der Waals surface area contributed by atoms with Crippen LogP contribution < -0.4 is 5.32 Å². The minimum Gasteiger partial charge on any atom is -0.481 e. The SMILES string of the molecule is CC1=C(C)C[C@H](C(=O)Nc2ccc(F)cc2)[C@@H](C(=O)O)C1. The van der Waals surface area contributed by atoms with Crippen molar-refractivity contribution in [1.82, 2.24) is 0 Å². The van der Waals surface area contributed by atoms with Crippen LogP contribution in [0.2, 0.25) is 0 Å². The number of aliphatic carboxylic acids is 1. The summed E-state index contributed by atoms with van der Waals surface area (Å²) in [6.07, 6.45) is 0.832. The number of nitrogens with one attached hydrogen (secondary N) is 1. The van der Waals surface area contributed by atoms with Gasteiger partial charge in [0.1, 0.15) is 5.82 Å². The molecule has 2 N–H and O–H groups in total. The summed E-state index contributed by atoms with van der Waals surface area (Å²) in [6, 6.07) is 5.42. The van der Waals surface area contributed by atoms with Gasteiger partial charge in [-0.3, -0.25) is 9.59 Å². The molecule has 112 valence electrons. The van der Waals surface area contributed by atoms with Crippen molar-refractivity contribution in [3.05, 3.63) is 41.2 Å². The first-order chi connectivity index (χ1) is 9.88. The Morgan fingerprint density at radius 3 is 2.14 bits per heavy atom. The van der Waals surface area contributed by atoms with E-state index in [0.717, 1.165) is 11.1 Å². The van der Waals surface area contributed by atoms with Crippen LogP contribution in [0.5, 0.6) is 0 Å². The second kappa shape index (κ2) is 6.08. The van der Waals surface area contributed by atoms with E-state index in [0.29, 0.717) is 18.5 Å². The van der Waals surface area contributed by atoms with Gasteiger partial charge in [0.25, 0.3) is 0 Å². The molecule has 0 bridgehead atoms. The summed E-state index contributed by atoms with van der Waals surface area (Å²) in [6.45, 7) is 3.82. The Kier molecular flexibility index (Phi) is 4.40. The van der Waals surface area contributed by atoms with E-state index in [-0.39, 0.29) is 11.7 Å². The molecule has 1 aromatic rings. The van der Waals surface area contributed by atoms with Crippen molar-refractivity contribution < 1.29 is 19.1 Å². The second-order valence-electron chi connectivity index (χ2n) is 5.52. The molecule has 0 saturated carbocycles. The number of allylic oxidation sites excluding steroid dienone is 2. The number of anilines is 1. The molecule has 21 heavy (non-hydrogen) atoms. The minimum atomic E-state index is -0.957. The highest BCUT2D eigenvalue weighted by Crippen LogP contribution is 2.35. The molecule has 0 saturated heterocycles. The molecule has 0 unspecified atom stereocenters. The quantitative estimate of drug-likeness (QED) is 0.840. The van der Waals surface area contributed by atoms with E-state index >= 15 is 0 Å². The van der Waals surface area contributed by atoms with Crippen molar-refractivity contribution in [2.75, 3.05) is 5.32 Å². The standard InChI is InChI=1S/C16H18FNO3/c1-9-7-13(14(16(20)21)8-10(9)2)15(19)18-12-5-3-11(17)4-6-12/h3-6,13-14H,7-8H2,1-2H3,(H,18,19)(H,20,21)/t13-,14-/m0/s1. The Morgan fingerprint density at radius 2 is 1.62 bits per heavy atom. The average Bonchev–Trinajstić information content (AvgIpc) is 2.43. The van der Waals surface area contributed by atoms with E-state index < -0.39 is 17.8 Å². The number of benzene rings is 1. The summed E-state index contributed by atoms with van der Waals surface area (Å²) in [5.41, 5.74) is 2.56. The fraction of sp³-hybridized carbons (Fsp3) is 0.375. The van der Waals surface area contributed by atoms with Crippen molar-refractivity contribution in [1.29, 1.82) is 0 Å². The number of carbonyl (C=O) groups is 2. The maximum Gasteiger partial charge on any atom is 0.307 e. The molecular formula is C16H18FNO3. The summed E-state index contributed by atoms with van der Waals surface area (Å²) in [5, 5.41) is 12.0. The van der Waals surface area contributed by atoms with Crippen LogP contribution in [0, 0.1) is 17.7 Å². The molecule has 1 amide bonds. The van der Waals surface area contributed by atoms with Gasteiger partial charge < -0.3 is 10.4 Å².